The normalized spacial score (nSPS) is 9.73. The summed E-state index contributed by atoms with van der Waals surface area (Å²) < 4.78 is 4.98. The molecule has 0 heterocycles. The summed E-state index contributed by atoms with van der Waals surface area (Å²) in [6, 6.07) is 7.08. The van der Waals surface area contributed by atoms with E-state index in [0.717, 1.165) is 5.56 Å². The van der Waals surface area contributed by atoms with Crippen molar-refractivity contribution in [1.82, 2.24) is 0 Å². The first kappa shape index (κ1) is 11.7. The average molecular weight is 227 g/mol. The van der Waals surface area contributed by atoms with Crippen LogP contribution in [0.1, 0.15) is 18.9 Å². The summed E-state index contributed by atoms with van der Waals surface area (Å²) >= 11 is 5.24. The van der Waals surface area contributed by atoms with Crippen LogP contribution >= 0.6 is 11.6 Å². The van der Waals surface area contributed by atoms with Gasteiger partial charge in [0.15, 0.2) is 0 Å². The van der Waals surface area contributed by atoms with Gasteiger partial charge in [0.2, 0.25) is 5.24 Å². The lowest BCUT2D eigenvalue weighted by Gasteiger charge is -2.06. The molecule has 1 rings (SSSR count). The molecule has 0 atom stereocenters. The van der Waals surface area contributed by atoms with Crippen molar-refractivity contribution < 1.29 is 14.3 Å². The maximum atomic E-state index is 10.8. The summed E-state index contributed by atoms with van der Waals surface area (Å²) in [4.78, 5) is 21.4. The van der Waals surface area contributed by atoms with Crippen LogP contribution in [-0.4, -0.2) is 11.2 Å². The Labute approximate surface area is 93.0 Å². The third kappa shape index (κ3) is 4.13. The maximum Gasteiger partial charge on any atom is 0.308 e. The van der Waals surface area contributed by atoms with E-state index in [1.165, 1.54) is 6.92 Å². The summed E-state index contributed by atoms with van der Waals surface area (Å²) in [5.74, 6) is 0.113. The third-order valence-corrected chi connectivity index (χ3v) is 2.01. The molecule has 0 aromatic heterocycles. The average Bonchev–Trinajstić information content (AvgIpc) is 2.15. The Kier molecular flexibility index (Phi) is 4.31. The maximum absolute atomic E-state index is 10.8. The third-order valence-electron chi connectivity index (χ3n) is 1.82. The topological polar surface area (TPSA) is 43.4 Å². The van der Waals surface area contributed by atoms with Crippen LogP contribution in [0.3, 0.4) is 0 Å². The van der Waals surface area contributed by atoms with E-state index in [2.05, 4.69) is 0 Å². The predicted molar refractivity (Wildman–Crippen MR) is 56.9 cm³/mol. The fourth-order valence-corrected chi connectivity index (χ4v) is 1.29. The number of esters is 1. The minimum Gasteiger partial charge on any atom is -0.426 e. The van der Waals surface area contributed by atoms with E-state index in [-0.39, 0.29) is 12.4 Å². The van der Waals surface area contributed by atoms with Gasteiger partial charge in [0, 0.05) is 13.3 Å². The van der Waals surface area contributed by atoms with Crippen LogP contribution in [0.4, 0.5) is 0 Å². The van der Waals surface area contributed by atoms with Crippen molar-refractivity contribution in [3.63, 3.8) is 0 Å². The molecule has 0 bridgehead atoms. The largest absolute Gasteiger partial charge is 0.426 e. The second-order valence-corrected chi connectivity index (χ2v) is 3.48. The number of para-hydroxylation sites is 1. The van der Waals surface area contributed by atoms with Gasteiger partial charge >= 0.3 is 5.97 Å². The highest BCUT2D eigenvalue weighted by Crippen LogP contribution is 2.19. The Morgan fingerprint density at radius 3 is 2.60 bits per heavy atom. The second kappa shape index (κ2) is 5.51. The lowest BCUT2D eigenvalue weighted by atomic mass is 10.1. The zero-order valence-corrected chi connectivity index (χ0v) is 9.08. The molecule has 0 saturated carbocycles. The van der Waals surface area contributed by atoms with Crippen molar-refractivity contribution in [1.29, 1.82) is 0 Å². The Balaban J connectivity index is 2.76. The van der Waals surface area contributed by atoms with E-state index in [0.29, 0.717) is 12.2 Å². The Morgan fingerprint density at radius 2 is 2.00 bits per heavy atom. The van der Waals surface area contributed by atoms with Crippen LogP contribution in [0.5, 0.6) is 5.75 Å². The fourth-order valence-electron chi connectivity index (χ4n) is 1.20. The standard InChI is InChI=1S/C11H11ClO3/c1-8(13)15-10-5-3-2-4-9(10)6-7-11(12)14/h2-5H,6-7H2,1H3. The quantitative estimate of drug-likeness (QED) is 0.450. The summed E-state index contributed by atoms with van der Waals surface area (Å²) in [7, 11) is 0. The molecule has 1 aromatic carbocycles. The van der Waals surface area contributed by atoms with Crippen LogP contribution in [0, 0.1) is 0 Å². The highest BCUT2D eigenvalue weighted by Gasteiger charge is 2.06. The van der Waals surface area contributed by atoms with Crippen molar-refractivity contribution in [3.05, 3.63) is 29.8 Å². The molecule has 3 nitrogen and oxygen atoms in total. The van der Waals surface area contributed by atoms with Crippen LogP contribution in [0.2, 0.25) is 0 Å². The van der Waals surface area contributed by atoms with E-state index >= 15 is 0 Å². The molecular formula is C11H11ClO3. The molecule has 0 N–H and O–H groups in total. The molecule has 80 valence electrons. The number of carbonyl (C=O) groups is 2. The van der Waals surface area contributed by atoms with E-state index in [1.54, 1.807) is 18.2 Å². The molecule has 0 aliphatic carbocycles. The number of benzene rings is 1. The lowest BCUT2D eigenvalue weighted by Crippen LogP contribution is -2.04. The summed E-state index contributed by atoms with van der Waals surface area (Å²) in [5, 5.41) is -0.396. The number of halogens is 1. The van der Waals surface area contributed by atoms with E-state index < -0.39 is 5.24 Å². The predicted octanol–water partition coefficient (Wildman–Crippen LogP) is 2.31. The molecule has 4 heteroatoms. The number of ether oxygens (including phenoxy) is 1. The van der Waals surface area contributed by atoms with E-state index in [4.69, 9.17) is 16.3 Å². The van der Waals surface area contributed by atoms with Crippen LogP contribution in [-0.2, 0) is 16.0 Å². The van der Waals surface area contributed by atoms with Gasteiger partial charge in [-0.3, -0.25) is 9.59 Å². The van der Waals surface area contributed by atoms with Crippen molar-refractivity contribution in [2.75, 3.05) is 0 Å². The SMILES string of the molecule is CC(=O)Oc1ccccc1CCC(=O)Cl. The summed E-state index contributed by atoms with van der Waals surface area (Å²) in [5.41, 5.74) is 0.807. The zero-order chi connectivity index (χ0) is 11.3. The van der Waals surface area contributed by atoms with Crippen molar-refractivity contribution in [2.24, 2.45) is 0 Å². The first-order valence-corrected chi connectivity index (χ1v) is 4.92. The van der Waals surface area contributed by atoms with Gasteiger partial charge in [-0.05, 0) is 29.7 Å². The molecule has 0 aliphatic heterocycles. The smallest absolute Gasteiger partial charge is 0.308 e. The Hall–Kier alpha value is -1.35. The molecule has 0 radical (unpaired) electrons. The molecule has 0 saturated heterocycles. The Morgan fingerprint density at radius 1 is 1.33 bits per heavy atom. The highest BCUT2D eigenvalue weighted by atomic mass is 35.5. The fraction of sp³-hybridized carbons (Fsp3) is 0.273. The van der Waals surface area contributed by atoms with Crippen LogP contribution < -0.4 is 4.74 Å². The van der Waals surface area contributed by atoms with Gasteiger partial charge in [-0.25, -0.2) is 0 Å². The molecule has 15 heavy (non-hydrogen) atoms. The minimum atomic E-state index is -0.396. The number of rotatable bonds is 4. The molecule has 0 unspecified atom stereocenters. The monoisotopic (exact) mass is 226 g/mol. The molecule has 1 aromatic rings. The minimum absolute atomic E-state index is 0.236. The van der Waals surface area contributed by atoms with Gasteiger partial charge in [0.1, 0.15) is 5.75 Å². The van der Waals surface area contributed by atoms with Crippen LogP contribution in [0.25, 0.3) is 0 Å². The second-order valence-electron chi connectivity index (χ2n) is 3.06. The van der Waals surface area contributed by atoms with Crippen molar-refractivity contribution in [2.45, 2.75) is 19.8 Å². The summed E-state index contributed by atoms with van der Waals surface area (Å²) in [6.45, 7) is 1.34. The molecule has 0 fully saturated rings. The number of aryl methyl sites for hydroxylation is 1. The van der Waals surface area contributed by atoms with Crippen molar-refractivity contribution >= 4 is 22.8 Å². The lowest BCUT2D eigenvalue weighted by molar-refractivity contribution is -0.131. The molecule has 0 spiro atoms. The van der Waals surface area contributed by atoms with Gasteiger partial charge in [-0.15, -0.1) is 0 Å². The number of hydrogen-bond donors (Lipinski definition) is 0. The van der Waals surface area contributed by atoms with Crippen LogP contribution in [0.15, 0.2) is 24.3 Å². The molecule has 0 amide bonds. The van der Waals surface area contributed by atoms with Gasteiger partial charge in [-0.1, -0.05) is 18.2 Å². The number of hydrogen-bond acceptors (Lipinski definition) is 3. The van der Waals surface area contributed by atoms with Crippen molar-refractivity contribution in [3.8, 4) is 5.75 Å². The van der Waals surface area contributed by atoms with E-state index in [1.807, 2.05) is 6.07 Å². The van der Waals surface area contributed by atoms with Gasteiger partial charge in [-0.2, -0.15) is 0 Å². The van der Waals surface area contributed by atoms with E-state index in [9.17, 15) is 9.59 Å². The van der Waals surface area contributed by atoms with Gasteiger partial charge in [0.25, 0.3) is 0 Å². The number of carbonyl (C=O) groups excluding carboxylic acids is 2. The highest BCUT2D eigenvalue weighted by molar-refractivity contribution is 6.63. The molecule has 0 aliphatic rings. The zero-order valence-electron chi connectivity index (χ0n) is 8.33. The molecular weight excluding hydrogens is 216 g/mol. The Bertz CT molecular complexity index is 374. The first-order chi connectivity index (χ1) is 7.09. The van der Waals surface area contributed by atoms with Gasteiger partial charge < -0.3 is 4.74 Å². The summed E-state index contributed by atoms with van der Waals surface area (Å²) in [6.07, 6.45) is 0.714. The first-order valence-electron chi connectivity index (χ1n) is 4.54. The van der Waals surface area contributed by atoms with Gasteiger partial charge in [0.05, 0.1) is 0 Å².